The van der Waals surface area contributed by atoms with E-state index in [1.54, 1.807) is 18.2 Å². The fraction of sp³-hybridized carbons (Fsp3) is 0.125. The second kappa shape index (κ2) is 8.64. The third kappa shape index (κ3) is 3.54. The van der Waals surface area contributed by atoms with Crippen LogP contribution >= 0.6 is 58.0 Å². The van der Waals surface area contributed by atoms with Crippen molar-refractivity contribution < 1.29 is 18.8 Å². The summed E-state index contributed by atoms with van der Waals surface area (Å²) in [5, 5.41) is -0.384. The number of fused-ring (bicyclic) bond motifs is 1. The van der Waals surface area contributed by atoms with Crippen LogP contribution in [0.1, 0.15) is 37.9 Å². The van der Waals surface area contributed by atoms with E-state index in [1.807, 2.05) is 6.92 Å². The van der Waals surface area contributed by atoms with Gasteiger partial charge in [-0.15, -0.1) is 0 Å². The van der Waals surface area contributed by atoms with E-state index in [-0.39, 0.29) is 31.2 Å². The summed E-state index contributed by atoms with van der Waals surface area (Å²) in [6.45, 7) is 1.81. The zero-order valence-electron chi connectivity index (χ0n) is 17.6. The lowest BCUT2D eigenvalue weighted by Crippen LogP contribution is -2.67. The van der Waals surface area contributed by atoms with Crippen molar-refractivity contribution in [2.75, 3.05) is 4.90 Å². The Hall–Kier alpha value is -2.35. The van der Waals surface area contributed by atoms with E-state index in [0.717, 1.165) is 10.5 Å². The van der Waals surface area contributed by atoms with Gasteiger partial charge in [0, 0.05) is 10.7 Å². The minimum atomic E-state index is -1.25. The number of anilines is 1. The normalized spacial score (nSPS) is 19.3. The Bertz CT molecular complexity index is 1410. The number of imide groups is 1. The molecule has 0 N–H and O–H groups in total. The molecule has 0 radical (unpaired) electrons. The summed E-state index contributed by atoms with van der Waals surface area (Å²) in [4.78, 5) is 42.5. The number of hydrogen-bond donors (Lipinski definition) is 0. The van der Waals surface area contributed by atoms with E-state index in [1.165, 1.54) is 29.2 Å². The molecule has 1 saturated heterocycles. The predicted octanol–water partition coefficient (Wildman–Crippen LogP) is 7.15. The van der Waals surface area contributed by atoms with Gasteiger partial charge >= 0.3 is 0 Å². The lowest BCUT2D eigenvalue weighted by molar-refractivity contribution is -0.130. The molecule has 1 fully saturated rings. The smallest absolute Gasteiger partial charge is 0.264 e. The van der Waals surface area contributed by atoms with Crippen LogP contribution in [0, 0.1) is 12.7 Å². The highest BCUT2D eigenvalue weighted by Gasteiger charge is 2.58. The van der Waals surface area contributed by atoms with Crippen molar-refractivity contribution in [1.29, 1.82) is 0 Å². The first kappa shape index (κ1) is 24.3. The highest BCUT2D eigenvalue weighted by atomic mass is 35.5. The molecule has 5 nitrogen and oxygen atoms in total. The van der Waals surface area contributed by atoms with Crippen molar-refractivity contribution in [3.05, 3.63) is 95.6 Å². The van der Waals surface area contributed by atoms with Crippen LogP contribution < -0.4 is 4.90 Å². The van der Waals surface area contributed by atoms with E-state index >= 15 is 0 Å². The highest BCUT2D eigenvalue weighted by Crippen LogP contribution is 2.49. The van der Waals surface area contributed by atoms with Gasteiger partial charge in [0.05, 0.1) is 37.3 Å². The predicted molar refractivity (Wildman–Crippen MR) is 134 cm³/mol. The topological polar surface area (TPSA) is 57.7 Å². The molecule has 2 aliphatic rings. The largest absolute Gasteiger partial charge is 0.300 e. The Morgan fingerprint density at radius 3 is 1.77 bits per heavy atom. The molecule has 35 heavy (non-hydrogen) atoms. The minimum Gasteiger partial charge on any atom is -0.300 e. The SMILES string of the molecule is Cc1ccc(N2C(=O)[C@@H](N3C(=O)c4c(Cl)c(Cl)c(Cl)c(Cl)c4C3=O)[C@H]2c2ccc(F)cc2)cc1Cl. The lowest BCUT2D eigenvalue weighted by atomic mass is 9.86. The van der Waals surface area contributed by atoms with Gasteiger partial charge in [-0.1, -0.05) is 76.2 Å². The Labute approximate surface area is 223 Å². The van der Waals surface area contributed by atoms with E-state index in [0.29, 0.717) is 16.3 Å². The zero-order valence-corrected chi connectivity index (χ0v) is 21.4. The number of rotatable bonds is 3. The van der Waals surface area contributed by atoms with Crippen LogP contribution in [0.3, 0.4) is 0 Å². The van der Waals surface area contributed by atoms with Gasteiger partial charge in [0.25, 0.3) is 17.7 Å². The number of aryl methyl sites for hydroxylation is 1. The summed E-state index contributed by atoms with van der Waals surface area (Å²) in [5.74, 6) is -2.69. The maximum absolute atomic E-state index is 13.7. The molecule has 0 aliphatic carbocycles. The molecule has 11 heteroatoms. The van der Waals surface area contributed by atoms with Gasteiger partial charge in [0.15, 0.2) is 0 Å². The second-order valence-corrected chi connectivity index (χ2v) is 9.99. The van der Waals surface area contributed by atoms with E-state index in [4.69, 9.17) is 58.0 Å². The molecule has 2 heterocycles. The van der Waals surface area contributed by atoms with Gasteiger partial charge in [-0.05, 0) is 42.3 Å². The molecule has 2 atom stereocenters. The minimum absolute atomic E-state index is 0.175. The van der Waals surface area contributed by atoms with E-state index in [2.05, 4.69) is 0 Å². The summed E-state index contributed by atoms with van der Waals surface area (Å²) in [7, 11) is 0. The number of benzene rings is 3. The van der Waals surface area contributed by atoms with Gasteiger partial charge in [-0.3, -0.25) is 19.3 Å². The number of carbonyl (C=O) groups is 3. The monoisotopic (exact) mass is 570 g/mol. The molecule has 0 spiro atoms. The van der Waals surface area contributed by atoms with Gasteiger partial charge in [-0.25, -0.2) is 4.39 Å². The fourth-order valence-corrected chi connectivity index (χ4v) is 5.54. The molecular formula is C24H12Cl5FN2O3. The summed E-state index contributed by atoms with van der Waals surface area (Å²) in [6, 6.07) is 8.38. The van der Waals surface area contributed by atoms with E-state index < -0.39 is 35.6 Å². The number of β-lactam (4-membered cyclic amide) rings is 1. The van der Waals surface area contributed by atoms with Crippen molar-refractivity contribution in [2.24, 2.45) is 0 Å². The zero-order chi connectivity index (χ0) is 25.3. The standard InChI is InChI=1S/C24H12Cl5FN2O3/c1-9-2-7-12(8-13(9)25)31-20(10-3-5-11(30)6-4-10)21(24(31)35)32-22(33)14-15(23(32)34)17(27)19(29)18(28)16(14)26/h2-8,20-21H,1H3/t20-,21+/m1/s1. The summed E-state index contributed by atoms with van der Waals surface area (Å²) in [5.41, 5.74) is 1.31. The molecule has 0 aromatic heterocycles. The molecule has 0 bridgehead atoms. The van der Waals surface area contributed by atoms with Crippen LogP contribution in [-0.4, -0.2) is 28.7 Å². The Morgan fingerprint density at radius 2 is 1.26 bits per heavy atom. The quantitative estimate of drug-likeness (QED) is 0.145. The van der Waals surface area contributed by atoms with Crippen LogP contribution in [-0.2, 0) is 4.79 Å². The van der Waals surface area contributed by atoms with Crippen molar-refractivity contribution in [2.45, 2.75) is 19.0 Å². The van der Waals surface area contributed by atoms with Crippen LogP contribution in [0.25, 0.3) is 0 Å². The fourth-order valence-electron chi connectivity index (χ4n) is 4.36. The number of amides is 3. The van der Waals surface area contributed by atoms with Crippen molar-refractivity contribution in [3.63, 3.8) is 0 Å². The van der Waals surface area contributed by atoms with Gasteiger partial charge < -0.3 is 4.90 Å². The average molecular weight is 573 g/mol. The second-order valence-electron chi connectivity index (χ2n) is 8.07. The van der Waals surface area contributed by atoms with Gasteiger partial charge in [0.1, 0.15) is 11.9 Å². The van der Waals surface area contributed by atoms with Crippen molar-refractivity contribution >= 4 is 81.4 Å². The molecule has 0 saturated carbocycles. The molecule has 178 valence electrons. The van der Waals surface area contributed by atoms with Crippen LogP contribution in [0.15, 0.2) is 42.5 Å². The van der Waals surface area contributed by atoms with Gasteiger partial charge in [0.2, 0.25) is 0 Å². The van der Waals surface area contributed by atoms with Crippen LogP contribution in [0.5, 0.6) is 0 Å². The molecule has 3 amide bonds. The molecular weight excluding hydrogens is 561 g/mol. The Balaban J connectivity index is 1.64. The molecule has 5 rings (SSSR count). The van der Waals surface area contributed by atoms with Crippen LogP contribution in [0.4, 0.5) is 10.1 Å². The maximum atomic E-state index is 13.7. The average Bonchev–Trinajstić information content (AvgIpc) is 3.08. The van der Waals surface area contributed by atoms with Crippen molar-refractivity contribution in [3.8, 4) is 0 Å². The third-order valence-corrected chi connectivity index (χ3v) is 8.33. The number of hydrogen-bond acceptors (Lipinski definition) is 3. The van der Waals surface area contributed by atoms with Crippen LogP contribution in [0.2, 0.25) is 25.1 Å². The summed E-state index contributed by atoms with van der Waals surface area (Å²) >= 11 is 31.0. The van der Waals surface area contributed by atoms with Gasteiger partial charge in [-0.2, -0.15) is 0 Å². The summed E-state index contributed by atoms with van der Waals surface area (Å²) in [6.07, 6.45) is 0. The molecule has 3 aromatic rings. The lowest BCUT2D eigenvalue weighted by Gasteiger charge is -2.49. The Kier molecular flexibility index (Phi) is 6.01. The number of halogens is 6. The molecule has 2 aliphatic heterocycles. The first-order valence-electron chi connectivity index (χ1n) is 10.1. The molecule has 0 unspecified atom stereocenters. The first-order chi connectivity index (χ1) is 16.5. The number of carbonyl (C=O) groups excluding carboxylic acids is 3. The first-order valence-corrected chi connectivity index (χ1v) is 12.0. The van der Waals surface area contributed by atoms with E-state index in [9.17, 15) is 18.8 Å². The molecule has 3 aromatic carbocycles. The third-order valence-electron chi connectivity index (χ3n) is 6.12. The summed E-state index contributed by atoms with van der Waals surface area (Å²) < 4.78 is 13.7. The maximum Gasteiger partial charge on any atom is 0.264 e. The number of nitrogens with zero attached hydrogens (tertiary/aromatic N) is 2. The van der Waals surface area contributed by atoms with Crippen molar-refractivity contribution in [1.82, 2.24) is 4.90 Å². The Morgan fingerprint density at radius 1 is 0.714 bits per heavy atom. The highest BCUT2D eigenvalue weighted by molar-refractivity contribution is 6.55.